The number of carbonyl (C=O) groups is 1. The van der Waals surface area contributed by atoms with Gasteiger partial charge in [-0.2, -0.15) is 0 Å². The first kappa shape index (κ1) is 18.6. The highest BCUT2D eigenvalue weighted by Gasteiger charge is 2.55. The predicted octanol–water partition coefficient (Wildman–Crippen LogP) is 1.56. The van der Waals surface area contributed by atoms with Crippen LogP contribution < -0.4 is 19.6 Å². The number of benzene rings is 2. The number of ether oxygens (including phenoxy) is 2. The molecule has 0 fully saturated rings. The molecule has 8 heteroatoms. The van der Waals surface area contributed by atoms with Gasteiger partial charge in [-0.25, -0.2) is 4.99 Å². The normalized spacial score (nSPS) is 24.3. The SMILES string of the molecule is COC(=O)[C@@H]1[C@H]2c3ccccc3O[C@]1(C)N=c1s/c(=C\c3ccc(O)cc3)c(=O)n12. The van der Waals surface area contributed by atoms with Crippen molar-refractivity contribution >= 4 is 23.4 Å². The third-order valence-corrected chi connectivity index (χ3v) is 6.51. The average molecular weight is 422 g/mol. The fraction of sp³-hybridized carbons (Fsp3) is 0.227. The number of para-hydroxylation sites is 1. The van der Waals surface area contributed by atoms with Gasteiger partial charge < -0.3 is 14.6 Å². The molecule has 3 atom stereocenters. The summed E-state index contributed by atoms with van der Waals surface area (Å²) in [5.74, 6) is -0.519. The van der Waals surface area contributed by atoms with Gasteiger partial charge >= 0.3 is 5.97 Å². The highest BCUT2D eigenvalue weighted by atomic mass is 32.1. The van der Waals surface area contributed by atoms with Gasteiger partial charge in [0.15, 0.2) is 4.80 Å². The zero-order valence-corrected chi connectivity index (χ0v) is 17.1. The van der Waals surface area contributed by atoms with Crippen LogP contribution in [-0.2, 0) is 9.53 Å². The van der Waals surface area contributed by atoms with E-state index in [0.29, 0.717) is 15.1 Å². The summed E-state index contributed by atoms with van der Waals surface area (Å²) < 4.78 is 13.3. The molecule has 2 aliphatic rings. The molecule has 0 radical (unpaired) electrons. The molecule has 0 saturated carbocycles. The predicted molar refractivity (Wildman–Crippen MR) is 110 cm³/mol. The van der Waals surface area contributed by atoms with Crippen LogP contribution in [0.2, 0.25) is 0 Å². The third-order valence-electron chi connectivity index (χ3n) is 5.53. The summed E-state index contributed by atoms with van der Waals surface area (Å²) in [5.41, 5.74) is 0.112. The van der Waals surface area contributed by atoms with Crippen LogP contribution in [0.15, 0.2) is 58.3 Å². The first-order chi connectivity index (χ1) is 14.4. The van der Waals surface area contributed by atoms with Gasteiger partial charge in [-0.05, 0) is 36.8 Å². The molecule has 0 saturated heterocycles. The maximum atomic E-state index is 13.4. The maximum Gasteiger partial charge on any atom is 0.317 e. The number of fused-ring (bicyclic) bond motifs is 6. The summed E-state index contributed by atoms with van der Waals surface area (Å²) in [4.78, 5) is 31.3. The molecule has 2 aromatic carbocycles. The van der Waals surface area contributed by atoms with E-state index in [1.165, 1.54) is 18.4 Å². The molecule has 2 aliphatic heterocycles. The number of thiazole rings is 1. The Morgan fingerprint density at radius 3 is 2.73 bits per heavy atom. The van der Waals surface area contributed by atoms with Gasteiger partial charge in [0.05, 0.1) is 17.7 Å². The Kier molecular flexibility index (Phi) is 4.08. The number of rotatable bonds is 2. The van der Waals surface area contributed by atoms with Gasteiger partial charge in [0, 0.05) is 5.56 Å². The van der Waals surface area contributed by atoms with Crippen LogP contribution in [0.1, 0.15) is 24.1 Å². The second-order valence-corrected chi connectivity index (χ2v) is 8.42. The summed E-state index contributed by atoms with van der Waals surface area (Å²) in [5, 5.41) is 9.49. The molecule has 0 amide bonds. The van der Waals surface area contributed by atoms with Crippen molar-refractivity contribution in [3.63, 3.8) is 0 Å². The molecule has 1 N–H and O–H groups in total. The second-order valence-electron chi connectivity index (χ2n) is 7.41. The molecule has 2 bridgehead atoms. The van der Waals surface area contributed by atoms with Gasteiger partial charge in [-0.1, -0.05) is 41.7 Å². The fourth-order valence-corrected chi connectivity index (χ4v) is 5.25. The molecule has 3 heterocycles. The van der Waals surface area contributed by atoms with Gasteiger partial charge in [-0.3, -0.25) is 14.2 Å². The summed E-state index contributed by atoms with van der Waals surface area (Å²) in [7, 11) is 1.32. The molecule has 0 spiro atoms. The standard InChI is InChI=1S/C22H18N2O5S/c1-22-17(20(27)28-2)18(14-5-3-4-6-15(14)29-22)24-19(26)16(30-21(24)23-22)11-12-7-9-13(25)10-8-12/h3-11,17-18,25H,1-2H3/b16-11-/t17-,18+,22-/m0/s1. The molecular formula is C22H18N2O5S. The minimum atomic E-state index is -1.18. The highest BCUT2D eigenvalue weighted by molar-refractivity contribution is 7.07. The topological polar surface area (TPSA) is 90.1 Å². The zero-order chi connectivity index (χ0) is 21.0. The molecule has 1 aromatic heterocycles. The summed E-state index contributed by atoms with van der Waals surface area (Å²) in [6.45, 7) is 1.74. The second kappa shape index (κ2) is 6.56. The Bertz CT molecular complexity index is 1340. The van der Waals surface area contributed by atoms with E-state index in [4.69, 9.17) is 9.47 Å². The van der Waals surface area contributed by atoms with Gasteiger partial charge in [0.1, 0.15) is 17.4 Å². The van der Waals surface area contributed by atoms with E-state index in [1.54, 1.807) is 41.8 Å². The number of nitrogens with zero attached hydrogens (tertiary/aromatic N) is 2. The smallest absolute Gasteiger partial charge is 0.317 e. The Labute approximate surface area is 175 Å². The number of phenols is 1. The first-order valence-electron chi connectivity index (χ1n) is 9.39. The van der Waals surface area contributed by atoms with E-state index in [2.05, 4.69) is 4.99 Å². The number of methoxy groups -OCH3 is 1. The van der Waals surface area contributed by atoms with Crippen LogP contribution in [0.25, 0.3) is 6.08 Å². The Morgan fingerprint density at radius 1 is 1.27 bits per heavy atom. The third kappa shape index (κ3) is 2.68. The van der Waals surface area contributed by atoms with E-state index in [-0.39, 0.29) is 11.3 Å². The molecule has 5 rings (SSSR count). The van der Waals surface area contributed by atoms with E-state index in [9.17, 15) is 14.7 Å². The molecule has 30 heavy (non-hydrogen) atoms. The Balaban J connectivity index is 1.79. The average Bonchev–Trinajstić information content (AvgIpc) is 3.02. The van der Waals surface area contributed by atoms with Crippen LogP contribution >= 0.6 is 11.3 Å². The number of phenolic OH excluding ortho intramolecular Hbond substituents is 1. The number of carbonyl (C=O) groups excluding carboxylic acids is 1. The Morgan fingerprint density at radius 2 is 2.00 bits per heavy atom. The van der Waals surface area contributed by atoms with E-state index in [0.717, 1.165) is 11.1 Å². The van der Waals surface area contributed by atoms with Crippen LogP contribution in [0.4, 0.5) is 0 Å². The first-order valence-corrected chi connectivity index (χ1v) is 10.2. The molecule has 0 aliphatic carbocycles. The van der Waals surface area contributed by atoms with Crippen LogP contribution in [0.3, 0.4) is 0 Å². The quantitative estimate of drug-likeness (QED) is 0.633. The van der Waals surface area contributed by atoms with Crippen LogP contribution in [0, 0.1) is 5.92 Å². The largest absolute Gasteiger partial charge is 0.508 e. The van der Waals surface area contributed by atoms with Crippen molar-refractivity contribution in [2.24, 2.45) is 10.9 Å². The number of aromatic hydroxyl groups is 1. The van der Waals surface area contributed by atoms with Crippen LogP contribution in [0.5, 0.6) is 11.5 Å². The van der Waals surface area contributed by atoms with Gasteiger partial charge in [0.2, 0.25) is 5.72 Å². The van der Waals surface area contributed by atoms with Crippen molar-refractivity contribution in [3.8, 4) is 11.5 Å². The van der Waals surface area contributed by atoms with Crippen molar-refractivity contribution < 1.29 is 19.4 Å². The van der Waals surface area contributed by atoms with E-state index < -0.39 is 23.7 Å². The summed E-state index contributed by atoms with van der Waals surface area (Å²) >= 11 is 1.25. The fourth-order valence-electron chi connectivity index (χ4n) is 4.15. The van der Waals surface area contributed by atoms with Gasteiger partial charge in [0.25, 0.3) is 5.56 Å². The van der Waals surface area contributed by atoms with Crippen molar-refractivity contribution in [1.29, 1.82) is 0 Å². The molecule has 3 aromatic rings. The minimum Gasteiger partial charge on any atom is -0.508 e. The number of hydrogen-bond acceptors (Lipinski definition) is 7. The summed E-state index contributed by atoms with van der Waals surface area (Å²) in [6, 6.07) is 13.4. The lowest BCUT2D eigenvalue weighted by molar-refractivity contribution is -0.158. The van der Waals surface area contributed by atoms with Crippen molar-refractivity contribution in [3.05, 3.63) is 79.3 Å². The van der Waals surface area contributed by atoms with Crippen molar-refractivity contribution in [2.75, 3.05) is 7.11 Å². The lowest BCUT2D eigenvalue weighted by Gasteiger charge is -2.44. The van der Waals surface area contributed by atoms with E-state index >= 15 is 0 Å². The maximum absolute atomic E-state index is 13.4. The monoisotopic (exact) mass is 422 g/mol. The molecular weight excluding hydrogens is 404 g/mol. The van der Waals surface area contributed by atoms with Gasteiger partial charge in [-0.15, -0.1) is 0 Å². The highest BCUT2D eigenvalue weighted by Crippen LogP contribution is 2.47. The van der Waals surface area contributed by atoms with Crippen LogP contribution in [-0.4, -0.2) is 28.5 Å². The van der Waals surface area contributed by atoms with E-state index in [1.807, 2.05) is 24.3 Å². The lowest BCUT2D eigenvalue weighted by atomic mass is 9.81. The van der Waals surface area contributed by atoms with Crippen molar-refractivity contribution in [2.45, 2.75) is 18.7 Å². The molecule has 7 nitrogen and oxygen atoms in total. The number of aromatic nitrogens is 1. The Hall–Kier alpha value is -3.39. The molecule has 152 valence electrons. The lowest BCUT2D eigenvalue weighted by Crippen LogP contribution is -2.58. The summed E-state index contributed by atoms with van der Waals surface area (Å²) in [6.07, 6.45) is 1.75. The minimum absolute atomic E-state index is 0.153. The number of hydrogen-bond donors (Lipinski definition) is 1. The van der Waals surface area contributed by atoms with Crippen molar-refractivity contribution in [1.82, 2.24) is 4.57 Å². The zero-order valence-electron chi connectivity index (χ0n) is 16.2. The molecule has 0 unspecified atom stereocenters. The number of esters is 1.